The van der Waals surface area contributed by atoms with Crippen LogP contribution in [0.1, 0.15) is 15.9 Å². The average molecular weight is 440 g/mol. The number of hydrogen-bond donors (Lipinski definition) is 3. The van der Waals surface area contributed by atoms with Crippen LogP contribution in [0.15, 0.2) is 77.3 Å². The van der Waals surface area contributed by atoms with Gasteiger partial charge in [0, 0.05) is 15.8 Å². The number of hydrogen-bond acceptors (Lipinski definition) is 3. The lowest BCUT2D eigenvalue weighted by Crippen LogP contribution is -2.19. The Kier molecular flexibility index (Phi) is 6.29. The third-order valence-corrected chi connectivity index (χ3v) is 4.33. The molecule has 0 saturated heterocycles. The fraction of sp³-hybridized carbons (Fsp3) is 0.0476. The van der Waals surface area contributed by atoms with Gasteiger partial charge < -0.3 is 21.1 Å². The number of benzene rings is 3. The first-order chi connectivity index (χ1) is 13.5. The van der Waals surface area contributed by atoms with Crippen molar-refractivity contribution in [3.8, 4) is 5.75 Å². The van der Waals surface area contributed by atoms with E-state index in [0.717, 1.165) is 10.0 Å². The molecule has 0 unspecified atom stereocenters. The van der Waals surface area contributed by atoms with Gasteiger partial charge in [-0.05, 0) is 48.0 Å². The molecule has 3 aromatic carbocycles. The number of urea groups is 1. The Hall–Kier alpha value is -3.32. The maximum absolute atomic E-state index is 12.1. The molecule has 4 N–H and O–H groups in total. The van der Waals surface area contributed by atoms with E-state index in [0.29, 0.717) is 22.7 Å². The van der Waals surface area contributed by atoms with Crippen LogP contribution < -0.4 is 21.1 Å². The third kappa shape index (κ3) is 5.34. The zero-order valence-electron chi connectivity index (χ0n) is 14.8. The topological polar surface area (TPSA) is 93.5 Å². The summed E-state index contributed by atoms with van der Waals surface area (Å²) in [5, 5.41) is 5.53. The molecular weight excluding hydrogens is 422 g/mol. The Balaban J connectivity index is 1.56. The molecule has 0 atom stereocenters. The van der Waals surface area contributed by atoms with E-state index in [4.69, 9.17) is 10.5 Å². The Morgan fingerprint density at radius 1 is 0.893 bits per heavy atom. The first-order valence-electron chi connectivity index (χ1n) is 8.45. The minimum Gasteiger partial charge on any atom is -0.488 e. The van der Waals surface area contributed by atoms with Gasteiger partial charge in [0.25, 0.3) is 5.91 Å². The van der Waals surface area contributed by atoms with Gasteiger partial charge in [0.1, 0.15) is 12.4 Å². The van der Waals surface area contributed by atoms with Crippen molar-refractivity contribution < 1.29 is 14.3 Å². The van der Waals surface area contributed by atoms with Gasteiger partial charge in [-0.25, -0.2) is 4.79 Å². The maximum atomic E-state index is 12.1. The summed E-state index contributed by atoms with van der Waals surface area (Å²) in [6.45, 7) is 0.273. The fourth-order valence-corrected chi connectivity index (χ4v) is 2.90. The second kappa shape index (κ2) is 9.05. The van der Waals surface area contributed by atoms with E-state index in [1.165, 1.54) is 0 Å². The Labute approximate surface area is 170 Å². The highest BCUT2D eigenvalue weighted by Crippen LogP contribution is 2.20. The van der Waals surface area contributed by atoms with Gasteiger partial charge in [-0.1, -0.05) is 46.3 Å². The van der Waals surface area contributed by atoms with Gasteiger partial charge in [-0.2, -0.15) is 0 Å². The normalized spacial score (nSPS) is 10.2. The lowest BCUT2D eigenvalue weighted by molar-refractivity contribution is 0.0996. The molecule has 0 aliphatic heterocycles. The molecule has 0 bridgehead atoms. The van der Waals surface area contributed by atoms with Crippen LogP contribution >= 0.6 is 15.9 Å². The number of ether oxygens (including phenoxy) is 1. The highest BCUT2D eigenvalue weighted by Gasteiger charge is 2.08. The van der Waals surface area contributed by atoms with Crippen molar-refractivity contribution in [2.24, 2.45) is 5.73 Å². The number of nitrogens with two attached hydrogens (primary N) is 1. The number of halogens is 1. The molecule has 7 heteroatoms. The molecule has 0 radical (unpaired) electrons. The quantitative estimate of drug-likeness (QED) is 0.516. The summed E-state index contributed by atoms with van der Waals surface area (Å²) in [5.74, 6) is -0.0998. The Morgan fingerprint density at radius 2 is 1.61 bits per heavy atom. The van der Waals surface area contributed by atoms with Crippen LogP contribution in [0.3, 0.4) is 0 Å². The molecule has 0 spiro atoms. The first kappa shape index (κ1) is 19.4. The Morgan fingerprint density at radius 3 is 2.32 bits per heavy atom. The summed E-state index contributed by atoms with van der Waals surface area (Å²) in [5.41, 5.74) is 7.90. The van der Waals surface area contributed by atoms with E-state index in [1.807, 2.05) is 30.3 Å². The monoisotopic (exact) mass is 439 g/mol. The van der Waals surface area contributed by atoms with Gasteiger partial charge in [0.15, 0.2) is 0 Å². The largest absolute Gasteiger partial charge is 0.488 e. The molecule has 0 saturated carbocycles. The van der Waals surface area contributed by atoms with Crippen molar-refractivity contribution in [1.82, 2.24) is 0 Å². The summed E-state index contributed by atoms with van der Waals surface area (Å²) >= 11 is 3.36. The van der Waals surface area contributed by atoms with E-state index in [1.54, 1.807) is 42.5 Å². The zero-order chi connectivity index (χ0) is 19.9. The van der Waals surface area contributed by atoms with Crippen LogP contribution in [-0.2, 0) is 6.61 Å². The summed E-state index contributed by atoms with van der Waals surface area (Å²) in [6, 6.07) is 21.0. The lowest BCUT2D eigenvalue weighted by Gasteiger charge is -2.11. The number of rotatable bonds is 6. The van der Waals surface area contributed by atoms with Gasteiger partial charge in [0.05, 0.1) is 5.56 Å². The lowest BCUT2D eigenvalue weighted by atomic mass is 10.2. The maximum Gasteiger partial charge on any atom is 0.323 e. The Bertz CT molecular complexity index is 990. The van der Waals surface area contributed by atoms with E-state index in [-0.39, 0.29) is 12.6 Å². The number of carbonyl (C=O) groups is 2. The average Bonchev–Trinajstić information content (AvgIpc) is 2.67. The second-order valence-electron chi connectivity index (χ2n) is 5.94. The van der Waals surface area contributed by atoms with Crippen LogP contribution in [0.5, 0.6) is 5.75 Å². The molecule has 28 heavy (non-hydrogen) atoms. The number of primary amides is 1. The summed E-state index contributed by atoms with van der Waals surface area (Å²) < 4.78 is 6.57. The molecule has 3 amide bonds. The number of carbonyl (C=O) groups excluding carboxylic acids is 2. The van der Waals surface area contributed by atoms with Crippen molar-refractivity contribution in [2.75, 3.05) is 10.6 Å². The van der Waals surface area contributed by atoms with Gasteiger partial charge in [-0.3, -0.25) is 4.79 Å². The highest BCUT2D eigenvalue weighted by molar-refractivity contribution is 9.10. The van der Waals surface area contributed by atoms with Crippen LogP contribution in [0.25, 0.3) is 0 Å². The molecule has 0 aliphatic carbocycles. The number of para-hydroxylation sites is 1. The van der Waals surface area contributed by atoms with Crippen LogP contribution in [0.2, 0.25) is 0 Å². The zero-order valence-corrected chi connectivity index (χ0v) is 16.4. The first-order valence-corrected chi connectivity index (χ1v) is 9.25. The summed E-state index contributed by atoms with van der Waals surface area (Å²) in [7, 11) is 0. The van der Waals surface area contributed by atoms with Crippen molar-refractivity contribution >= 4 is 39.2 Å². The SMILES string of the molecule is NC(=O)c1ccccc1OCc1ccc(NC(=O)Nc2cccc(Br)c2)cc1. The predicted octanol–water partition coefficient (Wildman–Crippen LogP) is 4.77. The van der Waals surface area contributed by atoms with Gasteiger partial charge in [0.2, 0.25) is 0 Å². The molecule has 3 aromatic rings. The third-order valence-electron chi connectivity index (χ3n) is 3.84. The molecular formula is C21H18BrN3O3. The minimum atomic E-state index is -0.536. The highest BCUT2D eigenvalue weighted by atomic mass is 79.9. The smallest absolute Gasteiger partial charge is 0.323 e. The molecule has 6 nitrogen and oxygen atoms in total. The molecule has 142 valence electrons. The van der Waals surface area contributed by atoms with Crippen molar-refractivity contribution in [1.29, 1.82) is 0 Å². The van der Waals surface area contributed by atoms with Gasteiger partial charge >= 0.3 is 6.03 Å². The van der Waals surface area contributed by atoms with Crippen molar-refractivity contribution in [2.45, 2.75) is 6.61 Å². The molecule has 0 heterocycles. The second-order valence-corrected chi connectivity index (χ2v) is 6.85. The fourth-order valence-electron chi connectivity index (χ4n) is 2.50. The van der Waals surface area contributed by atoms with Crippen molar-refractivity contribution in [3.05, 3.63) is 88.4 Å². The number of nitrogens with one attached hydrogen (secondary N) is 2. The van der Waals surface area contributed by atoms with E-state index in [9.17, 15) is 9.59 Å². The standard InChI is InChI=1S/C21H18BrN3O3/c22-15-4-3-5-17(12-15)25-21(27)24-16-10-8-14(9-11-16)13-28-19-7-2-1-6-18(19)20(23)26/h1-12H,13H2,(H2,23,26)(H2,24,25,27). The van der Waals surface area contributed by atoms with E-state index < -0.39 is 5.91 Å². The van der Waals surface area contributed by atoms with Gasteiger partial charge in [-0.15, -0.1) is 0 Å². The molecule has 0 aliphatic rings. The minimum absolute atomic E-state index is 0.273. The van der Waals surface area contributed by atoms with E-state index >= 15 is 0 Å². The van der Waals surface area contributed by atoms with Crippen LogP contribution in [0, 0.1) is 0 Å². The number of amides is 3. The van der Waals surface area contributed by atoms with Crippen molar-refractivity contribution in [3.63, 3.8) is 0 Å². The molecule has 0 fully saturated rings. The van der Waals surface area contributed by atoms with Crippen LogP contribution in [0.4, 0.5) is 16.2 Å². The molecule has 0 aromatic heterocycles. The van der Waals surface area contributed by atoms with Crippen LogP contribution in [-0.4, -0.2) is 11.9 Å². The molecule has 3 rings (SSSR count). The number of anilines is 2. The predicted molar refractivity (Wildman–Crippen MR) is 113 cm³/mol. The summed E-state index contributed by atoms with van der Waals surface area (Å²) in [4.78, 5) is 23.5. The summed E-state index contributed by atoms with van der Waals surface area (Å²) in [6.07, 6.45) is 0. The van der Waals surface area contributed by atoms with E-state index in [2.05, 4.69) is 26.6 Å².